The number of imidazole rings is 1. The van der Waals surface area contributed by atoms with E-state index in [1.165, 1.54) is 22.9 Å². The second-order valence-electron chi connectivity index (χ2n) is 11.8. The number of carbonyl (C=O) groups excluding carboxylic acids is 1. The largest absolute Gasteiger partial charge is 0.390 e. The van der Waals surface area contributed by atoms with E-state index in [1.807, 2.05) is 0 Å². The predicted molar refractivity (Wildman–Crippen MR) is 142 cm³/mol. The first-order chi connectivity index (χ1) is 18.3. The van der Waals surface area contributed by atoms with Gasteiger partial charge >= 0.3 is 0 Å². The molecule has 3 aromatic rings. The molecule has 0 saturated heterocycles. The number of rotatable bonds is 7. The summed E-state index contributed by atoms with van der Waals surface area (Å²) in [5, 5.41) is 28.7. The maximum absolute atomic E-state index is 15.4. The summed E-state index contributed by atoms with van der Waals surface area (Å²) in [5.74, 6) is -1.13. The quantitative estimate of drug-likeness (QED) is 0.383. The molecule has 3 N–H and O–H groups in total. The van der Waals surface area contributed by atoms with Crippen LogP contribution in [0.5, 0.6) is 0 Å². The molecule has 210 valence electrons. The van der Waals surface area contributed by atoms with Crippen molar-refractivity contribution in [2.24, 2.45) is 25.9 Å². The van der Waals surface area contributed by atoms with Gasteiger partial charge in [-0.25, -0.2) is 13.8 Å². The highest BCUT2D eigenvalue weighted by atomic mass is 35.5. The molecule has 2 atom stereocenters. The van der Waals surface area contributed by atoms with Gasteiger partial charge in [0, 0.05) is 25.7 Å². The molecule has 2 aliphatic carbocycles. The Kier molecular flexibility index (Phi) is 7.10. The highest BCUT2D eigenvalue weighted by Gasteiger charge is 2.53. The number of anilines is 1. The Hall–Kier alpha value is -2.82. The number of hydrogen-bond donors (Lipinski definition) is 3. The first kappa shape index (κ1) is 27.7. The number of fused-ring (bicyclic) bond motifs is 1. The van der Waals surface area contributed by atoms with Crippen molar-refractivity contribution in [1.29, 1.82) is 0 Å². The van der Waals surface area contributed by atoms with Crippen LogP contribution in [0.1, 0.15) is 79.4 Å². The highest BCUT2D eigenvalue weighted by molar-refractivity contribution is 6.31. The van der Waals surface area contributed by atoms with Gasteiger partial charge in [0.25, 0.3) is 5.91 Å². The van der Waals surface area contributed by atoms with Crippen LogP contribution in [0.25, 0.3) is 0 Å². The SMILES string of the molecule is Cn1cnc(C2CC3CC(O)(c4c(F)c(CCC(C)(C)O)nn4C)CC3C2)c1C(=O)Nc1ccc(F)c(Cl)c1. The minimum absolute atomic E-state index is 0.0158. The van der Waals surface area contributed by atoms with Crippen molar-refractivity contribution in [3.63, 3.8) is 0 Å². The normalized spacial score (nSPS) is 24.8. The lowest BCUT2D eigenvalue weighted by Crippen LogP contribution is -2.27. The van der Waals surface area contributed by atoms with Gasteiger partial charge in [-0.05, 0) is 82.4 Å². The van der Waals surface area contributed by atoms with Crippen LogP contribution in [-0.2, 0) is 26.1 Å². The molecule has 2 fully saturated rings. The highest BCUT2D eigenvalue weighted by Crippen LogP contribution is 2.57. The van der Waals surface area contributed by atoms with Crippen LogP contribution in [0.2, 0.25) is 5.02 Å². The molecular formula is C28H34ClF2N5O3. The summed E-state index contributed by atoms with van der Waals surface area (Å²) in [7, 11) is 3.40. The summed E-state index contributed by atoms with van der Waals surface area (Å²) in [4.78, 5) is 17.7. The molecule has 39 heavy (non-hydrogen) atoms. The number of nitrogens with zero attached hydrogens (tertiary/aromatic N) is 4. The van der Waals surface area contributed by atoms with E-state index in [9.17, 15) is 19.4 Å². The number of nitrogens with one attached hydrogen (secondary N) is 1. The van der Waals surface area contributed by atoms with Gasteiger partial charge in [-0.3, -0.25) is 9.48 Å². The monoisotopic (exact) mass is 561 g/mol. The second-order valence-corrected chi connectivity index (χ2v) is 12.3. The molecule has 0 radical (unpaired) electrons. The van der Waals surface area contributed by atoms with Crippen LogP contribution in [0.4, 0.5) is 14.5 Å². The van der Waals surface area contributed by atoms with E-state index in [0.29, 0.717) is 36.3 Å². The first-order valence-corrected chi connectivity index (χ1v) is 13.6. The molecule has 11 heteroatoms. The summed E-state index contributed by atoms with van der Waals surface area (Å²) in [5.41, 5.74) is -0.322. The minimum Gasteiger partial charge on any atom is -0.390 e. The Bertz CT molecular complexity index is 1400. The zero-order valence-electron chi connectivity index (χ0n) is 22.5. The molecule has 2 saturated carbocycles. The van der Waals surface area contributed by atoms with E-state index in [0.717, 1.165) is 12.8 Å². The zero-order chi connectivity index (χ0) is 28.3. The molecule has 2 unspecified atom stereocenters. The summed E-state index contributed by atoms with van der Waals surface area (Å²) in [6.07, 6.45) is 4.49. The van der Waals surface area contributed by atoms with Gasteiger partial charge < -0.3 is 20.1 Å². The lowest BCUT2D eigenvalue weighted by molar-refractivity contribution is 0.0227. The van der Waals surface area contributed by atoms with Crippen LogP contribution < -0.4 is 5.32 Å². The number of aliphatic hydroxyl groups is 2. The fourth-order valence-electron chi connectivity index (χ4n) is 6.51. The van der Waals surface area contributed by atoms with Crippen molar-refractivity contribution >= 4 is 23.2 Å². The number of carbonyl (C=O) groups is 1. The molecule has 8 nitrogen and oxygen atoms in total. The van der Waals surface area contributed by atoms with Crippen molar-refractivity contribution < 1.29 is 23.8 Å². The van der Waals surface area contributed by atoms with Gasteiger partial charge in [-0.1, -0.05) is 11.6 Å². The number of halogens is 3. The second kappa shape index (κ2) is 9.98. The van der Waals surface area contributed by atoms with Crippen LogP contribution in [0, 0.1) is 23.5 Å². The number of aromatic nitrogens is 4. The standard InChI is InChI=1S/C28H34ClF2N5O3/c1-27(2,38)8-7-21-22(31)25(36(4)34-21)28(39)12-16-9-15(10-17(16)13-28)23-24(35(3)14-32-23)26(37)33-18-5-6-20(30)19(29)11-18/h5-6,11,14-17,38-39H,7-10,12-13H2,1-4H3,(H,33,37). The minimum atomic E-state index is -1.33. The fraction of sp³-hybridized carbons (Fsp3) is 0.536. The fourth-order valence-corrected chi connectivity index (χ4v) is 6.69. The van der Waals surface area contributed by atoms with Crippen LogP contribution >= 0.6 is 11.6 Å². The van der Waals surface area contributed by atoms with E-state index < -0.39 is 22.8 Å². The Balaban J connectivity index is 1.30. The maximum Gasteiger partial charge on any atom is 0.274 e. The summed E-state index contributed by atoms with van der Waals surface area (Å²) < 4.78 is 32.1. The average molecular weight is 562 g/mol. The summed E-state index contributed by atoms with van der Waals surface area (Å²) >= 11 is 5.86. The molecule has 1 aromatic carbocycles. The van der Waals surface area contributed by atoms with Gasteiger partial charge in [0.1, 0.15) is 22.8 Å². The van der Waals surface area contributed by atoms with E-state index >= 15 is 4.39 Å². The van der Waals surface area contributed by atoms with E-state index in [1.54, 1.807) is 38.8 Å². The molecular weight excluding hydrogens is 528 g/mol. The molecule has 2 heterocycles. The lowest BCUT2D eigenvalue weighted by atomic mass is 9.89. The van der Waals surface area contributed by atoms with Crippen LogP contribution in [0.15, 0.2) is 24.5 Å². The number of hydrogen-bond acceptors (Lipinski definition) is 5. The van der Waals surface area contributed by atoms with E-state index in [2.05, 4.69) is 15.4 Å². The van der Waals surface area contributed by atoms with Crippen molar-refractivity contribution in [3.05, 3.63) is 64.0 Å². The van der Waals surface area contributed by atoms with Gasteiger partial charge in [0.05, 0.1) is 28.3 Å². The number of benzene rings is 1. The van der Waals surface area contributed by atoms with Crippen molar-refractivity contribution in [2.75, 3.05) is 5.32 Å². The summed E-state index contributed by atoms with van der Waals surface area (Å²) in [6.45, 7) is 3.35. The topological polar surface area (TPSA) is 105 Å². The van der Waals surface area contributed by atoms with Crippen molar-refractivity contribution in [2.45, 2.75) is 69.5 Å². The lowest BCUT2D eigenvalue weighted by Gasteiger charge is -2.25. The Morgan fingerprint density at radius 2 is 1.90 bits per heavy atom. The Morgan fingerprint density at radius 1 is 1.23 bits per heavy atom. The summed E-state index contributed by atoms with van der Waals surface area (Å²) in [6, 6.07) is 4.01. The predicted octanol–water partition coefficient (Wildman–Crippen LogP) is 4.83. The third kappa shape index (κ3) is 5.34. The molecule has 2 aliphatic rings. The Morgan fingerprint density at radius 3 is 2.51 bits per heavy atom. The van der Waals surface area contributed by atoms with Gasteiger partial charge in [-0.2, -0.15) is 5.10 Å². The van der Waals surface area contributed by atoms with Crippen LogP contribution in [0.3, 0.4) is 0 Å². The third-order valence-electron chi connectivity index (χ3n) is 8.26. The van der Waals surface area contributed by atoms with Crippen molar-refractivity contribution in [3.8, 4) is 0 Å². The van der Waals surface area contributed by atoms with Gasteiger partial charge in [0.2, 0.25) is 0 Å². The molecule has 0 aliphatic heterocycles. The van der Waals surface area contributed by atoms with Gasteiger partial charge in [0.15, 0.2) is 5.82 Å². The number of amides is 1. The third-order valence-corrected chi connectivity index (χ3v) is 8.55. The maximum atomic E-state index is 15.4. The molecule has 1 amide bonds. The van der Waals surface area contributed by atoms with Crippen molar-refractivity contribution in [1.82, 2.24) is 19.3 Å². The zero-order valence-corrected chi connectivity index (χ0v) is 23.3. The average Bonchev–Trinajstić information content (AvgIpc) is 3.55. The molecule has 0 spiro atoms. The van der Waals surface area contributed by atoms with Gasteiger partial charge in [-0.15, -0.1) is 0 Å². The van der Waals surface area contributed by atoms with Crippen LogP contribution in [-0.4, -0.2) is 41.1 Å². The first-order valence-electron chi connectivity index (χ1n) is 13.2. The molecule has 2 aromatic heterocycles. The van der Waals surface area contributed by atoms with E-state index in [4.69, 9.17) is 11.6 Å². The molecule has 5 rings (SSSR count). The molecule has 0 bridgehead atoms. The smallest absolute Gasteiger partial charge is 0.274 e. The number of aryl methyl sites for hydroxylation is 3. The van der Waals surface area contributed by atoms with E-state index in [-0.39, 0.29) is 46.5 Å². The Labute approximate surface area is 231 Å².